The third-order valence-electron chi connectivity index (χ3n) is 2.83. The Kier molecular flexibility index (Phi) is 9.42. The average molecular weight is 200 g/mol. The summed E-state index contributed by atoms with van der Waals surface area (Å²) < 4.78 is 0. The van der Waals surface area contributed by atoms with Crippen LogP contribution in [0.3, 0.4) is 0 Å². The third-order valence-corrected chi connectivity index (χ3v) is 2.83. The first kappa shape index (κ1) is 13.9. The van der Waals surface area contributed by atoms with E-state index in [1.54, 1.807) is 0 Å². The standard InChI is InChI=1S/C12H28N2/c1-5-10-14(8-4)12-9-11-13(6-2)7-3/h5-12H2,1-4H3. The van der Waals surface area contributed by atoms with Crippen molar-refractivity contribution >= 4 is 0 Å². The van der Waals surface area contributed by atoms with Crippen molar-refractivity contribution in [2.24, 2.45) is 0 Å². The molecule has 0 amide bonds. The lowest BCUT2D eigenvalue weighted by atomic mass is 10.3. The molecule has 0 atom stereocenters. The second-order valence-electron chi connectivity index (χ2n) is 3.81. The zero-order valence-corrected chi connectivity index (χ0v) is 10.6. The molecule has 0 aliphatic carbocycles. The van der Waals surface area contributed by atoms with Crippen LogP contribution in [0.1, 0.15) is 40.5 Å². The molecule has 0 aliphatic heterocycles. The van der Waals surface area contributed by atoms with Crippen LogP contribution in [0.5, 0.6) is 0 Å². The lowest BCUT2D eigenvalue weighted by Crippen LogP contribution is -2.30. The first-order valence-corrected chi connectivity index (χ1v) is 6.23. The quantitative estimate of drug-likeness (QED) is 0.564. The molecular formula is C12H28N2. The molecule has 0 spiro atoms. The molecule has 14 heavy (non-hydrogen) atoms. The number of hydrogen-bond acceptors (Lipinski definition) is 2. The van der Waals surface area contributed by atoms with E-state index in [0.29, 0.717) is 0 Å². The Hall–Kier alpha value is -0.0800. The highest BCUT2D eigenvalue weighted by atomic mass is 15.1. The van der Waals surface area contributed by atoms with E-state index in [2.05, 4.69) is 37.5 Å². The molecule has 2 nitrogen and oxygen atoms in total. The summed E-state index contributed by atoms with van der Waals surface area (Å²) in [5, 5.41) is 0. The maximum atomic E-state index is 2.55. The SMILES string of the molecule is CCCN(CC)CCCN(CC)CC. The van der Waals surface area contributed by atoms with Crippen molar-refractivity contribution in [3.05, 3.63) is 0 Å². The van der Waals surface area contributed by atoms with E-state index >= 15 is 0 Å². The summed E-state index contributed by atoms with van der Waals surface area (Å²) in [5.74, 6) is 0. The Balaban J connectivity index is 3.48. The second-order valence-corrected chi connectivity index (χ2v) is 3.81. The fourth-order valence-electron chi connectivity index (χ4n) is 1.80. The topological polar surface area (TPSA) is 6.48 Å². The molecule has 0 aromatic heterocycles. The average Bonchev–Trinajstić information content (AvgIpc) is 2.23. The molecule has 0 unspecified atom stereocenters. The van der Waals surface area contributed by atoms with Crippen molar-refractivity contribution in [1.82, 2.24) is 9.80 Å². The Morgan fingerprint density at radius 1 is 0.643 bits per heavy atom. The highest BCUT2D eigenvalue weighted by molar-refractivity contribution is 4.58. The molecule has 0 fully saturated rings. The summed E-state index contributed by atoms with van der Waals surface area (Å²) in [6.07, 6.45) is 2.59. The van der Waals surface area contributed by atoms with Crippen LogP contribution in [0.2, 0.25) is 0 Å². The molecule has 0 heterocycles. The smallest absolute Gasteiger partial charge is 0.000667 e. The van der Waals surface area contributed by atoms with Gasteiger partial charge in [0.2, 0.25) is 0 Å². The number of rotatable bonds is 9. The summed E-state index contributed by atoms with van der Waals surface area (Å²) in [5.41, 5.74) is 0. The summed E-state index contributed by atoms with van der Waals surface area (Å²) in [7, 11) is 0. The van der Waals surface area contributed by atoms with Crippen LogP contribution < -0.4 is 0 Å². The third kappa shape index (κ3) is 6.39. The van der Waals surface area contributed by atoms with Gasteiger partial charge in [0, 0.05) is 0 Å². The van der Waals surface area contributed by atoms with Gasteiger partial charge in [0.15, 0.2) is 0 Å². The van der Waals surface area contributed by atoms with Crippen LogP contribution in [0.25, 0.3) is 0 Å². The minimum Gasteiger partial charge on any atom is -0.304 e. The van der Waals surface area contributed by atoms with Gasteiger partial charge >= 0.3 is 0 Å². The van der Waals surface area contributed by atoms with Crippen LogP contribution in [0, 0.1) is 0 Å². The lowest BCUT2D eigenvalue weighted by Gasteiger charge is -2.22. The predicted molar refractivity (Wildman–Crippen MR) is 64.8 cm³/mol. The van der Waals surface area contributed by atoms with Crippen molar-refractivity contribution < 1.29 is 0 Å². The molecular weight excluding hydrogens is 172 g/mol. The summed E-state index contributed by atoms with van der Waals surface area (Å²) in [6.45, 7) is 16.4. The van der Waals surface area contributed by atoms with Crippen molar-refractivity contribution in [2.45, 2.75) is 40.5 Å². The zero-order valence-electron chi connectivity index (χ0n) is 10.6. The first-order chi connectivity index (χ1) is 6.78. The van der Waals surface area contributed by atoms with E-state index in [4.69, 9.17) is 0 Å². The zero-order chi connectivity index (χ0) is 10.8. The van der Waals surface area contributed by atoms with Gasteiger partial charge < -0.3 is 9.80 Å². The Morgan fingerprint density at radius 3 is 1.57 bits per heavy atom. The van der Waals surface area contributed by atoms with E-state index in [-0.39, 0.29) is 0 Å². The summed E-state index contributed by atoms with van der Waals surface area (Å²) in [4.78, 5) is 5.04. The first-order valence-electron chi connectivity index (χ1n) is 6.23. The van der Waals surface area contributed by atoms with Gasteiger partial charge in [-0.3, -0.25) is 0 Å². The van der Waals surface area contributed by atoms with Crippen molar-refractivity contribution in [1.29, 1.82) is 0 Å². The van der Waals surface area contributed by atoms with Crippen LogP contribution >= 0.6 is 0 Å². The van der Waals surface area contributed by atoms with Crippen LogP contribution in [-0.4, -0.2) is 49.1 Å². The monoisotopic (exact) mass is 200 g/mol. The van der Waals surface area contributed by atoms with E-state index in [1.807, 2.05) is 0 Å². The van der Waals surface area contributed by atoms with E-state index in [9.17, 15) is 0 Å². The van der Waals surface area contributed by atoms with E-state index in [0.717, 1.165) is 0 Å². The molecule has 0 bridgehead atoms. The fraction of sp³-hybridized carbons (Fsp3) is 1.00. The Bertz CT molecular complexity index is 111. The predicted octanol–water partition coefficient (Wildman–Crippen LogP) is 2.45. The lowest BCUT2D eigenvalue weighted by molar-refractivity contribution is 0.244. The Morgan fingerprint density at radius 2 is 1.14 bits per heavy atom. The molecule has 2 heteroatoms. The van der Waals surface area contributed by atoms with Gasteiger partial charge in [-0.2, -0.15) is 0 Å². The van der Waals surface area contributed by atoms with Gasteiger partial charge in [-0.25, -0.2) is 0 Å². The maximum absolute atomic E-state index is 2.55. The minimum absolute atomic E-state index is 1.19. The van der Waals surface area contributed by atoms with Crippen LogP contribution in [0.4, 0.5) is 0 Å². The van der Waals surface area contributed by atoms with Crippen molar-refractivity contribution in [3.63, 3.8) is 0 Å². The fourth-order valence-corrected chi connectivity index (χ4v) is 1.80. The van der Waals surface area contributed by atoms with Gasteiger partial charge in [-0.05, 0) is 52.1 Å². The molecule has 0 aromatic carbocycles. The molecule has 0 saturated heterocycles. The highest BCUT2D eigenvalue weighted by Gasteiger charge is 2.02. The maximum Gasteiger partial charge on any atom is -0.000667 e. The molecule has 86 valence electrons. The molecule has 0 aromatic rings. The number of nitrogens with zero attached hydrogens (tertiary/aromatic N) is 2. The Labute approximate surface area is 90.3 Å². The van der Waals surface area contributed by atoms with Crippen LogP contribution in [0.15, 0.2) is 0 Å². The highest BCUT2D eigenvalue weighted by Crippen LogP contribution is 1.96. The summed E-state index contributed by atoms with van der Waals surface area (Å²) >= 11 is 0. The summed E-state index contributed by atoms with van der Waals surface area (Å²) in [6, 6.07) is 0. The molecule has 0 saturated carbocycles. The van der Waals surface area contributed by atoms with Gasteiger partial charge in [0.05, 0.1) is 0 Å². The molecule has 0 radical (unpaired) electrons. The van der Waals surface area contributed by atoms with Gasteiger partial charge in [0.1, 0.15) is 0 Å². The van der Waals surface area contributed by atoms with E-state index in [1.165, 1.54) is 52.1 Å². The van der Waals surface area contributed by atoms with Crippen molar-refractivity contribution in [3.8, 4) is 0 Å². The van der Waals surface area contributed by atoms with Gasteiger partial charge in [-0.1, -0.05) is 27.7 Å². The van der Waals surface area contributed by atoms with Crippen molar-refractivity contribution in [2.75, 3.05) is 39.3 Å². The molecule has 0 aliphatic rings. The largest absolute Gasteiger partial charge is 0.304 e. The van der Waals surface area contributed by atoms with Crippen LogP contribution in [-0.2, 0) is 0 Å². The molecule has 0 N–H and O–H groups in total. The molecule has 0 rings (SSSR count). The van der Waals surface area contributed by atoms with Gasteiger partial charge in [0.25, 0.3) is 0 Å². The van der Waals surface area contributed by atoms with E-state index < -0.39 is 0 Å². The number of hydrogen-bond donors (Lipinski definition) is 0. The second kappa shape index (κ2) is 9.47. The minimum atomic E-state index is 1.19. The van der Waals surface area contributed by atoms with Gasteiger partial charge in [-0.15, -0.1) is 0 Å². The normalized spacial score (nSPS) is 11.6.